The van der Waals surface area contributed by atoms with Crippen LogP contribution in [-0.4, -0.2) is 62.4 Å². The molecule has 0 radical (unpaired) electrons. The predicted octanol–water partition coefficient (Wildman–Crippen LogP) is 0.819. The second-order valence-corrected chi connectivity index (χ2v) is 8.40. The third-order valence-electron chi connectivity index (χ3n) is 5.79. The first-order chi connectivity index (χ1) is 13.6. The van der Waals surface area contributed by atoms with Gasteiger partial charge in [-0.25, -0.2) is 9.59 Å². The molecule has 1 N–H and O–H groups in total. The van der Waals surface area contributed by atoms with Gasteiger partial charge in [-0.1, -0.05) is 13.8 Å². The zero-order chi connectivity index (χ0) is 21.3. The zero-order valence-corrected chi connectivity index (χ0v) is 17.5. The van der Waals surface area contributed by atoms with E-state index < -0.39 is 5.54 Å². The van der Waals surface area contributed by atoms with Crippen molar-refractivity contribution in [3.05, 3.63) is 27.9 Å². The number of rotatable bonds is 5. The lowest BCUT2D eigenvalue weighted by Gasteiger charge is -2.42. The largest absolute Gasteiger partial charge is 0.347 e. The van der Waals surface area contributed by atoms with Gasteiger partial charge in [-0.3, -0.25) is 19.5 Å². The molecule has 1 aromatic rings. The number of aryl methyl sites for hydroxylation is 2. The van der Waals surface area contributed by atoms with E-state index in [0.29, 0.717) is 38.2 Å². The molecular weight excluding hydrogens is 374 g/mol. The van der Waals surface area contributed by atoms with E-state index in [1.165, 1.54) is 4.57 Å². The normalized spacial score (nSPS) is 18.7. The highest BCUT2D eigenvalue weighted by atomic mass is 16.2. The van der Waals surface area contributed by atoms with Crippen molar-refractivity contribution in [1.82, 2.24) is 24.7 Å². The monoisotopic (exact) mass is 403 g/mol. The Hall–Kier alpha value is -2.71. The van der Waals surface area contributed by atoms with E-state index in [-0.39, 0.29) is 42.4 Å². The van der Waals surface area contributed by atoms with E-state index in [2.05, 4.69) is 10.3 Å². The maximum atomic E-state index is 12.7. The molecule has 0 saturated carbocycles. The fraction of sp³-hybridized carbons (Fsp3) is 0.650. The molecule has 0 bridgehead atoms. The summed E-state index contributed by atoms with van der Waals surface area (Å²) >= 11 is 0. The first-order valence-corrected chi connectivity index (χ1v) is 10.1. The summed E-state index contributed by atoms with van der Waals surface area (Å²) in [5.74, 6) is -0.0807. The highest BCUT2D eigenvalue weighted by Crippen LogP contribution is 2.34. The Bertz CT molecular complexity index is 883. The number of carbonyl (C=O) groups is 3. The molecule has 3 heterocycles. The molecule has 2 fully saturated rings. The van der Waals surface area contributed by atoms with Gasteiger partial charge in [-0.05, 0) is 38.7 Å². The van der Waals surface area contributed by atoms with Crippen LogP contribution in [0, 0.1) is 19.8 Å². The van der Waals surface area contributed by atoms with Gasteiger partial charge in [0.15, 0.2) is 0 Å². The standard InChI is InChI=1S/C20H29N5O4/c1-13(2)12-25-19(29)22-17(27)20(25)6-9-23(10-7-20)16(26)5-8-24-15(4)11-14(3)21-18(24)28/h11,13H,5-10,12H2,1-4H3,(H,22,27,29). The Morgan fingerprint density at radius 1 is 1.21 bits per heavy atom. The molecule has 3 rings (SSSR count). The number of nitrogens with zero attached hydrogens (tertiary/aromatic N) is 4. The van der Waals surface area contributed by atoms with Gasteiger partial charge >= 0.3 is 11.7 Å². The number of imide groups is 1. The van der Waals surface area contributed by atoms with Gasteiger partial charge in [-0.2, -0.15) is 4.98 Å². The molecule has 4 amide bonds. The zero-order valence-electron chi connectivity index (χ0n) is 17.5. The second kappa shape index (κ2) is 7.96. The van der Waals surface area contributed by atoms with Gasteiger partial charge in [0.05, 0.1) is 0 Å². The van der Waals surface area contributed by atoms with E-state index in [1.54, 1.807) is 16.7 Å². The molecule has 0 atom stereocenters. The molecule has 9 heteroatoms. The van der Waals surface area contributed by atoms with Crippen LogP contribution in [-0.2, 0) is 16.1 Å². The molecule has 0 unspecified atom stereocenters. The third-order valence-corrected chi connectivity index (χ3v) is 5.79. The van der Waals surface area contributed by atoms with Gasteiger partial charge in [0.2, 0.25) is 5.91 Å². The van der Waals surface area contributed by atoms with Crippen LogP contribution in [0.5, 0.6) is 0 Å². The van der Waals surface area contributed by atoms with Crippen molar-refractivity contribution < 1.29 is 14.4 Å². The average molecular weight is 403 g/mol. The highest BCUT2D eigenvalue weighted by molar-refractivity contribution is 6.07. The molecule has 0 aromatic carbocycles. The smallest absolute Gasteiger partial charge is 0.342 e. The van der Waals surface area contributed by atoms with E-state index in [4.69, 9.17) is 0 Å². The summed E-state index contributed by atoms with van der Waals surface area (Å²) in [5, 5.41) is 2.44. The molecule has 29 heavy (non-hydrogen) atoms. The quantitative estimate of drug-likeness (QED) is 0.733. The Morgan fingerprint density at radius 2 is 1.86 bits per heavy atom. The lowest BCUT2D eigenvalue weighted by atomic mass is 9.85. The van der Waals surface area contributed by atoms with E-state index in [0.717, 1.165) is 5.69 Å². The summed E-state index contributed by atoms with van der Waals surface area (Å²) in [7, 11) is 0. The van der Waals surface area contributed by atoms with Crippen molar-refractivity contribution in [2.24, 2.45) is 5.92 Å². The summed E-state index contributed by atoms with van der Waals surface area (Å²) in [4.78, 5) is 56.8. The van der Waals surface area contributed by atoms with Gasteiger partial charge in [0, 0.05) is 44.0 Å². The molecule has 2 aliphatic heterocycles. The van der Waals surface area contributed by atoms with Crippen molar-refractivity contribution in [2.75, 3.05) is 19.6 Å². The van der Waals surface area contributed by atoms with Crippen LogP contribution >= 0.6 is 0 Å². The maximum Gasteiger partial charge on any atom is 0.347 e. The SMILES string of the molecule is Cc1cc(C)n(CCC(=O)N2CCC3(CC2)C(=O)NC(=O)N3CC(C)C)c(=O)n1. The van der Waals surface area contributed by atoms with Crippen LogP contribution < -0.4 is 11.0 Å². The van der Waals surface area contributed by atoms with E-state index in [1.807, 2.05) is 26.8 Å². The van der Waals surface area contributed by atoms with E-state index in [9.17, 15) is 19.2 Å². The summed E-state index contributed by atoms with van der Waals surface area (Å²) in [6.45, 7) is 9.20. The van der Waals surface area contributed by atoms with Crippen molar-refractivity contribution in [3.8, 4) is 0 Å². The lowest BCUT2D eigenvalue weighted by Crippen LogP contribution is -2.58. The van der Waals surface area contributed by atoms with Crippen LogP contribution in [0.3, 0.4) is 0 Å². The van der Waals surface area contributed by atoms with Crippen LogP contribution in [0.4, 0.5) is 4.79 Å². The van der Waals surface area contributed by atoms with Crippen molar-refractivity contribution in [3.63, 3.8) is 0 Å². The first-order valence-electron chi connectivity index (χ1n) is 10.1. The first kappa shape index (κ1) is 21.0. The molecule has 2 saturated heterocycles. The molecule has 1 spiro atoms. The number of amides is 4. The number of likely N-dealkylation sites (tertiary alicyclic amines) is 1. The highest BCUT2D eigenvalue weighted by Gasteiger charge is 2.54. The fourth-order valence-electron chi connectivity index (χ4n) is 4.26. The molecular formula is C20H29N5O4. The van der Waals surface area contributed by atoms with Crippen molar-refractivity contribution >= 4 is 17.8 Å². The molecule has 2 aliphatic rings. The van der Waals surface area contributed by atoms with E-state index >= 15 is 0 Å². The van der Waals surface area contributed by atoms with Crippen LogP contribution in [0.25, 0.3) is 0 Å². The number of piperidine rings is 1. The Labute approximate surface area is 170 Å². The molecule has 9 nitrogen and oxygen atoms in total. The van der Waals surface area contributed by atoms with Gasteiger partial charge in [-0.15, -0.1) is 0 Å². The number of nitrogens with one attached hydrogen (secondary N) is 1. The van der Waals surface area contributed by atoms with Crippen LogP contribution in [0.15, 0.2) is 10.9 Å². The number of hydrogen-bond donors (Lipinski definition) is 1. The summed E-state index contributed by atoms with van der Waals surface area (Å²) in [6, 6.07) is 1.47. The minimum atomic E-state index is -0.855. The van der Waals surface area contributed by atoms with Gasteiger partial charge < -0.3 is 9.80 Å². The fourth-order valence-corrected chi connectivity index (χ4v) is 4.26. The molecule has 1 aromatic heterocycles. The minimum Gasteiger partial charge on any atom is -0.342 e. The predicted molar refractivity (Wildman–Crippen MR) is 106 cm³/mol. The average Bonchev–Trinajstić information content (AvgIpc) is 2.85. The topological polar surface area (TPSA) is 105 Å². The third kappa shape index (κ3) is 4.04. The van der Waals surface area contributed by atoms with Gasteiger partial charge in [0.25, 0.3) is 5.91 Å². The summed E-state index contributed by atoms with van der Waals surface area (Å²) in [5.41, 5.74) is 0.232. The van der Waals surface area contributed by atoms with Crippen LogP contribution in [0.1, 0.15) is 44.5 Å². The number of hydrogen-bond acceptors (Lipinski definition) is 5. The molecule has 158 valence electrons. The van der Waals surface area contributed by atoms with Crippen LogP contribution in [0.2, 0.25) is 0 Å². The summed E-state index contributed by atoms with van der Waals surface area (Å²) < 4.78 is 1.50. The molecule has 0 aliphatic carbocycles. The Balaban J connectivity index is 1.63. The summed E-state index contributed by atoms with van der Waals surface area (Å²) in [6.07, 6.45) is 1.04. The van der Waals surface area contributed by atoms with Gasteiger partial charge in [0.1, 0.15) is 5.54 Å². The number of aromatic nitrogens is 2. The van der Waals surface area contributed by atoms with Crippen molar-refractivity contribution in [2.45, 2.75) is 59.0 Å². The maximum absolute atomic E-state index is 12.7. The lowest BCUT2D eigenvalue weighted by molar-refractivity contribution is -0.138. The second-order valence-electron chi connectivity index (χ2n) is 8.40. The Kier molecular flexibility index (Phi) is 5.77. The minimum absolute atomic E-state index is 0.0631. The Morgan fingerprint density at radius 3 is 2.45 bits per heavy atom. The number of urea groups is 1. The van der Waals surface area contributed by atoms with Crippen molar-refractivity contribution in [1.29, 1.82) is 0 Å². The number of carbonyl (C=O) groups excluding carboxylic acids is 3.